The van der Waals surface area contributed by atoms with Crippen LogP contribution in [0.25, 0.3) is 11.5 Å². The Bertz CT molecular complexity index is 537. The average molecular weight is 242 g/mol. The van der Waals surface area contributed by atoms with Crippen LogP contribution in [0.15, 0.2) is 24.4 Å². The second kappa shape index (κ2) is 5.58. The van der Waals surface area contributed by atoms with Crippen molar-refractivity contribution in [2.24, 2.45) is 0 Å². The van der Waals surface area contributed by atoms with E-state index in [2.05, 4.69) is 27.2 Å². The van der Waals surface area contributed by atoms with E-state index < -0.39 is 0 Å². The van der Waals surface area contributed by atoms with Gasteiger partial charge in [-0.3, -0.25) is 4.98 Å². The smallest absolute Gasteiger partial charge is 0.180 e. The van der Waals surface area contributed by atoms with Crippen LogP contribution in [0.5, 0.6) is 0 Å². The lowest BCUT2D eigenvalue weighted by molar-refractivity contribution is 0.874. The van der Waals surface area contributed by atoms with Gasteiger partial charge in [0, 0.05) is 25.0 Å². The van der Waals surface area contributed by atoms with E-state index in [9.17, 15) is 0 Å². The summed E-state index contributed by atoms with van der Waals surface area (Å²) in [5.41, 5.74) is 3.04. The summed E-state index contributed by atoms with van der Waals surface area (Å²) in [7, 11) is 1.87. The van der Waals surface area contributed by atoms with Crippen LogP contribution in [0, 0.1) is 6.92 Å². The fourth-order valence-corrected chi connectivity index (χ4v) is 1.78. The number of rotatable bonds is 4. The second-order valence-electron chi connectivity index (χ2n) is 4.29. The van der Waals surface area contributed by atoms with Crippen molar-refractivity contribution in [3.05, 3.63) is 35.7 Å². The standard InChI is InChI=1S/C14H18N4/c1-4-5-11-9-13(15-3)18-14(17-11)12-8-10(2)6-7-16-12/h6-9H,4-5H2,1-3H3,(H,15,17,18). The molecule has 1 N–H and O–H groups in total. The maximum Gasteiger partial charge on any atom is 0.180 e. The maximum absolute atomic E-state index is 4.57. The minimum Gasteiger partial charge on any atom is -0.373 e. The SMILES string of the molecule is CCCc1cc(NC)nc(-c2cc(C)ccn2)n1. The minimum atomic E-state index is 0.689. The first-order valence-corrected chi connectivity index (χ1v) is 6.21. The lowest BCUT2D eigenvalue weighted by atomic mass is 10.2. The molecule has 2 aromatic heterocycles. The van der Waals surface area contributed by atoms with Gasteiger partial charge in [0.2, 0.25) is 0 Å². The zero-order valence-electron chi connectivity index (χ0n) is 11.1. The Hall–Kier alpha value is -1.97. The number of hydrogen-bond donors (Lipinski definition) is 1. The summed E-state index contributed by atoms with van der Waals surface area (Å²) in [6.45, 7) is 4.19. The number of hydrogen-bond acceptors (Lipinski definition) is 4. The van der Waals surface area contributed by atoms with Crippen molar-refractivity contribution in [1.29, 1.82) is 0 Å². The van der Waals surface area contributed by atoms with Crippen molar-refractivity contribution in [3.8, 4) is 11.5 Å². The zero-order chi connectivity index (χ0) is 13.0. The lowest BCUT2D eigenvalue weighted by Gasteiger charge is -2.07. The maximum atomic E-state index is 4.57. The molecule has 0 aromatic carbocycles. The third kappa shape index (κ3) is 2.83. The molecular weight excluding hydrogens is 224 g/mol. The molecule has 0 saturated heterocycles. The van der Waals surface area contributed by atoms with Crippen molar-refractivity contribution in [2.75, 3.05) is 12.4 Å². The highest BCUT2D eigenvalue weighted by Crippen LogP contribution is 2.17. The Morgan fingerprint density at radius 2 is 2.06 bits per heavy atom. The third-order valence-electron chi connectivity index (χ3n) is 2.69. The summed E-state index contributed by atoms with van der Waals surface area (Å²) < 4.78 is 0. The number of nitrogens with one attached hydrogen (secondary N) is 1. The van der Waals surface area contributed by atoms with E-state index in [0.29, 0.717) is 5.82 Å². The molecule has 0 radical (unpaired) electrons. The van der Waals surface area contributed by atoms with E-state index >= 15 is 0 Å². The summed E-state index contributed by atoms with van der Waals surface area (Å²) in [5.74, 6) is 1.53. The van der Waals surface area contributed by atoms with Crippen molar-refractivity contribution in [1.82, 2.24) is 15.0 Å². The Kier molecular flexibility index (Phi) is 3.87. The number of aromatic nitrogens is 3. The van der Waals surface area contributed by atoms with Crippen LogP contribution >= 0.6 is 0 Å². The van der Waals surface area contributed by atoms with Gasteiger partial charge >= 0.3 is 0 Å². The largest absolute Gasteiger partial charge is 0.373 e. The van der Waals surface area contributed by atoms with Gasteiger partial charge in [-0.1, -0.05) is 13.3 Å². The first-order valence-electron chi connectivity index (χ1n) is 6.21. The minimum absolute atomic E-state index is 0.689. The molecule has 0 fully saturated rings. The quantitative estimate of drug-likeness (QED) is 0.895. The van der Waals surface area contributed by atoms with Crippen molar-refractivity contribution >= 4 is 5.82 Å². The fourth-order valence-electron chi connectivity index (χ4n) is 1.78. The van der Waals surface area contributed by atoms with Crippen LogP contribution in [0.1, 0.15) is 24.6 Å². The number of anilines is 1. The number of aryl methyl sites for hydroxylation is 2. The molecule has 0 aliphatic carbocycles. The number of pyridine rings is 1. The predicted molar refractivity (Wildman–Crippen MR) is 73.5 cm³/mol. The Labute approximate surface area is 108 Å². The molecule has 0 aliphatic rings. The van der Waals surface area contributed by atoms with Crippen LogP contribution in [0.2, 0.25) is 0 Å². The monoisotopic (exact) mass is 242 g/mol. The van der Waals surface area contributed by atoms with Gasteiger partial charge in [-0.05, 0) is 31.0 Å². The molecule has 0 bridgehead atoms. The van der Waals surface area contributed by atoms with E-state index in [1.54, 1.807) is 6.20 Å². The second-order valence-corrected chi connectivity index (χ2v) is 4.29. The average Bonchev–Trinajstić information content (AvgIpc) is 2.39. The van der Waals surface area contributed by atoms with E-state index in [4.69, 9.17) is 0 Å². The van der Waals surface area contributed by atoms with E-state index in [-0.39, 0.29) is 0 Å². The summed E-state index contributed by atoms with van der Waals surface area (Å²) in [6.07, 6.45) is 3.82. The summed E-state index contributed by atoms with van der Waals surface area (Å²) >= 11 is 0. The van der Waals surface area contributed by atoms with Gasteiger partial charge in [0.1, 0.15) is 11.5 Å². The Balaban J connectivity index is 2.46. The Morgan fingerprint density at radius 3 is 2.72 bits per heavy atom. The first-order chi connectivity index (χ1) is 8.72. The molecule has 2 rings (SSSR count). The van der Waals surface area contributed by atoms with E-state index in [1.165, 1.54) is 0 Å². The molecule has 4 heteroatoms. The van der Waals surface area contributed by atoms with Gasteiger partial charge in [0.15, 0.2) is 5.82 Å². The molecule has 94 valence electrons. The van der Waals surface area contributed by atoms with Gasteiger partial charge < -0.3 is 5.32 Å². The zero-order valence-corrected chi connectivity index (χ0v) is 11.1. The van der Waals surface area contributed by atoms with Gasteiger partial charge in [-0.15, -0.1) is 0 Å². The third-order valence-corrected chi connectivity index (χ3v) is 2.69. The normalized spacial score (nSPS) is 10.4. The molecular formula is C14H18N4. The first kappa shape index (κ1) is 12.5. The highest BCUT2D eigenvalue weighted by molar-refractivity contribution is 5.53. The highest BCUT2D eigenvalue weighted by atomic mass is 15.0. The van der Waals surface area contributed by atoms with Crippen LogP contribution in [-0.2, 0) is 6.42 Å². The van der Waals surface area contributed by atoms with Crippen LogP contribution in [-0.4, -0.2) is 22.0 Å². The molecule has 0 spiro atoms. The lowest BCUT2D eigenvalue weighted by Crippen LogP contribution is -2.01. The molecule has 0 aliphatic heterocycles. The topological polar surface area (TPSA) is 50.7 Å². The van der Waals surface area contributed by atoms with Crippen molar-refractivity contribution in [2.45, 2.75) is 26.7 Å². The van der Waals surface area contributed by atoms with Gasteiger partial charge in [-0.2, -0.15) is 0 Å². The molecule has 4 nitrogen and oxygen atoms in total. The predicted octanol–water partition coefficient (Wildman–Crippen LogP) is 2.84. The summed E-state index contributed by atoms with van der Waals surface area (Å²) in [6, 6.07) is 5.96. The van der Waals surface area contributed by atoms with Crippen LogP contribution in [0.4, 0.5) is 5.82 Å². The highest BCUT2D eigenvalue weighted by Gasteiger charge is 2.07. The van der Waals surface area contributed by atoms with E-state index in [0.717, 1.165) is 35.6 Å². The van der Waals surface area contributed by atoms with Gasteiger partial charge in [0.25, 0.3) is 0 Å². The van der Waals surface area contributed by atoms with Gasteiger partial charge in [0.05, 0.1) is 0 Å². The fraction of sp³-hybridized carbons (Fsp3) is 0.357. The summed E-state index contributed by atoms with van der Waals surface area (Å²) in [5, 5.41) is 3.07. The molecule has 0 amide bonds. The molecule has 2 aromatic rings. The molecule has 0 saturated carbocycles. The Morgan fingerprint density at radius 1 is 1.22 bits per heavy atom. The summed E-state index contributed by atoms with van der Waals surface area (Å²) in [4.78, 5) is 13.4. The van der Waals surface area contributed by atoms with Crippen molar-refractivity contribution < 1.29 is 0 Å². The van der Waals surface area contributed by atoms with Crippen molar-refractivity contribution in [3.63, 3.8) is 0 Å². The van der Waals surface area contributed by atoms with Crippen LogP contribution < -0.4 is 5.32 Å². The number of nitrogens with zero attached hydrogens (tertiary/aromatic N) is 3. The van der Waals surface area contributed by atoms with E-state index in [1.807, 2.05) is 32.2 Å². The molecule has 0 unspecified atom stereocenters. The molecule has 18 heavy (non-hydrogen) atoms. The van der Waals surface area contributed by atoms with Gasteiger partial charge in [-0.25, -0.2) is 9.97 Å². The molecule has 2 heterocycles. The van der Waals surface area contributed by atoms with Crippen LogP contribution in [0.3, 0.4) is 0 Å². The molecule has 0 atom stereocenters.